The average Bonchev–Trinajstić information content (AvgIpc) is 3.42. The highest BCUT2D eigenvalue weighted by Gasteiger charge is 2.30. The van der Waals surface area contributed by atoms with Crippen LogP contribution in [0.5, 0.6) is 0 Å². The number of benzene rings is 1. The fourth-order valence-electron chi connectivity index (χ4n) is 3.90. The van der Waals surface area contributed by atoms with E-state index in [1.165, 1.54) is 0 Å². The van der Waals surface area contributed by atoms with Crippen molar-refractivity contribution in [3.05, 3.63) is 52.5 Å². The first-order chi connectivity index (χ1) is 16.6. The summed E-state index contributed by atoms with van der Waals surface area (Å²) in [6.45, 7) is 1.78. The summed E-state index contributed by atoms with van der Waals surface area (Å²) in [5.74, 6) is -0.195. The van der Waals surface area contributed by atoms with E-state index in [-0.39, 0.29) is 12.5 Å². The highest BCUT2D eigenvalue weighted by atomic mass is 32.1. The van der Waals surface area contributed by atoms with Crippen LogP contribution in [0.1, 0.15) is 48.6 Å². The lowest BCUT2D eigenvalue weighted by Gasteiger charge is -2.33. The Kier molecular flexibility index (Phi) is 10.0. The molecule has 0 radical (unpaired) electrons. The number of amides is 3. The molecule has 9 nitrogen and oxygen atoms in total. The normalized spacial score (nSPS) is 14.8. The van der Waals surface area contributed by atoms with Gasteiger partial charge in [0.25, 0.3) is 5.91 Å². The minimum absolute atomic E-state index is 0.113. The maximum absolute atomic E-state index is 13.3. The number of aromatic nitrogens is 1. The van der Waals surface area contributed by atoms with Crippen LogP contribution >= 0.6 is 11.3 Å². The van der Waals surface area contributed by atoms with E-state index in [1.54, 1.807) is 11.3 Å². The molecule has 1 atom stereocenters. The molecule has 3 N–H and O–H groups in total. The molecule has 2 aromatic rings. The monoisotopic (exact) mass is 485 g/mol. The SMILES string of the molecule is N=CC(=O)NCCCCC(NC(=O)OCc1ccccc1)C(=O)N1CCC(c2nccs2)CC1. The fourth-order valence-corrected chi connectivity index (χ4v) is 4.71. The van der Waals surface area contributed by atoms with Gasteiger partial charge < -0.3 is 25.7 Å². The van der Waals surface area contributed by atoms with E-state index in [4.69, 9.17) is 10.1 Å². The maximum atomic E-state index is 13.3. The van der Waals surface area contributed by atoms with Gasteiger partial charge in [0.15, 0.2) is 0 Å². The van der Waals surface area contributed by atoms with Crippen LogP contribution < -0.4 is 10.6 Å². The molecule has 3 rings (SSSR count). The third-order valence-corrected chi connectivity index (χ3v) is 6.70. The second-order valence-electron chi connectivity index (χ2n) is 8.16. The van der Waals surface area contributed by atoms with Gasteiger partial charge in [0, 0.05) is 37.1 Å². The molecule has 0 bridgehead atoms. The number of likely N-dealkylation sites (tertiary alicyclic amines) is 1. The molecule has 1 aliphatic heterocycles. The molecule has 1 unspecified atom stereocenters. The molecule has 0 aliphatic carbocycles. The number of ether oxygens (including phenoxy) is 1. The maximum Gasteiger partial charge on any atom is 0.408 e. The number of thiazole rings is 1. The van der Waals surface area contributed by atoms with Crippen molar-refractivity contribution in [3.63, 3.8) is 0 Å². The van der Waals surface area contributed by atoms with Crippen LogP contribution in [0.2, 0.25) is 0 Å². The van der Waals surface area contributed by atoms with Gasteiger partial charge in [-0.05, 0) is 37.7 Å². The molecule has 1 saturated heterocycles. The van der Waals surface area contributed by atoms with Crippen molar-refractivity contribution in [1.29, 1.82) is 5.41 Å². The molecular formula is C24H31N5O4S. The zero-order valence-corrected chi connectivity index (χ0v) is 19.9. The zero-order valence-electron chi connectivity index (χ0n) is 19.1. The van der Waals surface area contributed by atoms with Crippen LogP contribution in [0.4, 0.5) is 4.79 Å². The van der Waals surface area contributed by atoms with Crippen molar-refractivity contribution in [1.82, 2.24) is 20.5 Å². The Hall–Kier alpha value is -3.27. The molecule has 1 fully saturated rings. The summed E-state index contributed by atoms with van der Waals surface area (Å²) >= 11 is 1.64. The van der Waals surface area contributed by atoms with Crippen molar-refractivity contribution in [3.8, 4) is 0 Å². The number of carbonyl (C=O) groups excluding carboxylic acids is 3. The van der Waals surface area contributed by atoms with Gasteiger partial charge in [0.2, 0.25) is 5.91 Å². The minimum Gasteiger partial charge on any atom is -0.445 e. The standard InChI is InChI=1S/C24H31N5O4S/c25-16-21(30)26-11-5-4-8-20(28-24(32)33-17-18-6-2-1-3-7-18)23(31)29-13-9-19(10-14-29)22-27-12-15-34-22/h1-3,6-7,12,15-16,19-20,25H,4-5,8-11,13-14,17H2,(H,26,30)(H,28,32). The largest absolute Gasteiger partial charge is 0.445 e. The number of nitrogens with zero attached hydrogens (tertiary/aromatic N) is 2. The summed E-state index contributed by atoms with van der Waals surface area (Å²) in [7, 11) is 0. The molecular weight excluding hydrogens is 454 g/mol. The number of piperidine rings is 1. The van der Waals surface area contributed by atoms with Crippen LogP contribution in [0.25, 0.3) is 0 Å². The quantitative estimate of drug-likeness (QED) is 0.333. The van der Waals surface area contributed by atoms with Crippen molar-refractivity contribution in [2.45, 2.75) is 50.7 Å². The summed E-state index contributed by atoms with van der Waals surface area (Å²) in [6, 6.07) is 8.67. The topological polar surface area (TPSA) is 124 Å². The fraction of sp³-hybridized carbons (Fsp3) is 0.458. The van der Waals surface area contributed by atoms with Gasteiger partial charge in [0.1, 0.15) is 12.6 Å². The highest BCUT2D eigenvalue weighted by Crippen LogP contribution is 2.29. The summed E-state index contributed by atoms with van der Waals surface area (Å²) < 4.78 is 5.33. The average molecular weight is 486 g/mol. The first kappa shape index (κ1) is 25.4. The molecule has 1 aliphatic rings. The van der Waals surface area contributed by atoms with E-state index >= 15 is 0 Å². The molecule has 3 amide bonds. The Morgan fingerprint density at radius 2 is 1.97 bits per heavy atom. The van der Waals surface area contributed by atoms with Crippen LogP contribution in [0.3, 0.4) is 0 Å². The lowest BCUT2D eigenvalue weighted by molar-refractivity contribution is -0.134. The van der Waals surface area contributed by atoms with E-state index in [0.717, 1.165) is 29.6 Å². The summed E-state index contributed by atoms with van der Waals surface area (Å²) in [5.41, 5.74) is 0.867. The number of hydrogen-bond acceptors (Lipinski definition) is 7. The molecule has 1 aromatic carbocycles. The van der Waals surface area contributed by atoms with Crippen LogP contribution in [0, 0.1) is 5.41 Å². The Morgan fingerprint density at radius 1 is 1.21 bits per heavy atom. The van der Waals surface area contributed by atoms with Gasteiger partial charge >= 0.3 is 6.09 Å². The lowest BCUT2D eigenvalue weighted by Crippen LogP contribution is -2.50. The van der Waals surface area contributed by atoms with Crippen molar-refractivity contribution in [2.24, 2.45) is 0 Å². The van der Waals surface area contributed by atoms with Crippen molar-refractivity contribution in [2.75, 3.05) is 19.6 Å². The lowest BCUT2D eigenvalue weighted by atomic mass is 9.96. The predicted molar refractivity (Wildman–Crippen MR) is 130 cm³/mol. The molecule has 1 aromatic heterocycles. The van der Waals surface area contributed by atoms with Gasteiger partial charge in [-0.15, -0.1) is 11.3 Å². The van der Waals surface area contributed by atoms with Crippen LogP contribution in [-0.4, -0.2) is 59.7 Å². The number of carbonyl (C=O) groups is 3. The van der Waals surface area contributed by atoms with Crippen LogP contribution in [-0.2, 0) is 20.9 Å². The zero-order chi connectivity index (χ0) is 24.2. The summed E-state index contributed by atoms with van der Waals surface area (Å²) in [4.78, 5) is 43.1. The predicted octanol–water partition coefficient (Wildman–Crippen LogP) is 3.08. The highest BCUT2D eigenvalue weighted by molar-refractivity contribution is 7.09. The second kappa shape index (κ2) is 13.4. The van der Waals surface area contributed by atoms with Gasteiger partial charge in [-0.1, -0.05) is 30.3 Å². The minimum atomic E-state index is -0.696. The Balaban J connectivity index is 1.52. The van der Waals surface area contributed by atoms with E-state index in [1.807, 2.05) is 46.8 Å². The molecule has 2 heterocycles. The third-order valence-electron chi connectivity index (χ3n) is 5.76. The smallest absolute Gasteiger partial charge is 0.408 e. The van der Waals surface area contributed by atoms with Gasteiger partial charge in [-0.3, -0.25) is 9.59 Å². The second-order valence-corrected chi connectivity index (χ2v) is 9.09. The van der Waals surface area contributed by atoms with E-state index in [9.17, 15) is 14.4 Å². The number of hydrogen-bond donors (Lipinski definition) is 3. The molecule has 34 heavy (non-hydrogen) atoms. The first-order valence-corrected chi connectivity index (χ1v) is 12.4. The van der Waals surface area contributed by atoms with Gasteiger partial charge in [-0.2, -0.15) is 0 Å². The molecule has 10 heteroatoms. The summed E-state index contributed by atoms with van der Waals surface area (Å²) in [5, 5.41) is 15.3. The number of alkyl carbamates (subject to hydrolysis) is 1. The number of nitrogens with one attached hydrogen (secondary N) is 3. The van der Waals surface area contributed by atoms with E-state index in [2.05, 4.69) is 15.6 Å². The molecule has 182 valence electrons. The molecule has 0 saturated carbocycles. The number of rotatable bonds is 11. The summed E-state index contributed by atoms with van der Waals surface area (Å²) in [6.07, 6.45) is 5.30. The van der Waals surface area contributed by atoms with Gasteiger partial charge in [-0.25, -0.2) is 9.78 Å². The third kappa shape index (κ3) is 7.95. The van der Waals surface area contributed by atoms with E-state index in [0.29, 0.717) is 44.8 Å². The first-order valence-electron chi connectivity index (χ1n) is 11.5. The van der Waals surface area contributed by atoms with E-state index < -0.39 is 18.0 Å². The van der Waals surface area contributed by atoms with Crippen LogP contribution in [0.15, 0.2) is 41.9 Å². The Bertz CT molecular complexity index is 930. The number of unbranched alkanes of at least 4 members (excludes halogenated alkanes) is 1. The van der Waals surface area contributed by atoms with Crippen molar-refractivity contribution >= 4 is 35.5 Å². The Labute approximate surface area is 203 Å². The van der Waals surface area contributed by atoms with Crippen molar-refractivity contribution < 1.29 is 19.1 Å². The Morgan fingerprint density at radius 3 is 2.65 bits per heavy atom. The van der Waals surface area contributed by atoms with Gasteiger partial charge in [0.05, 0.1) is 11.2 Å². The molecule has 0 spiro atoms.